The first-order valence-corrected chi connectivity index (χ1v) is 12.0. The summed E-state index contributed by atoms with van der Waals surface area (Å²) >= 11 is 1.61. The van der Waals surface area contributed by atoms with E-state index in [0.717, 1.165) is 4.90 Å². The number of carbonyl (C=O) groups is 1. The van der Waals surface area contributed by atoms with Crippen LogP contribution < -0.4 is 14.8 Å². The van der Waals surface area contributed by atoms with Gasteiger partial charge in [0.2, 0.25) is 15.9 Å². The number of thioether (sulfide) groups is 1. The fraction of sp³-hybridized carbons (Fsp3) is 0.350. The number of hydrogen-bond acceptors (Lipinski definition) is 6. The first-order chi connectivity index (χ1) is 14.0. The molecule has 0 spiro atoms. The third kappa shape index (κ3) is 4.08. The molecule has 2 heterocycles. The van der Waals surface area contributed by atoms with Gasteiger partial charge in [0.15, 0.2) is 11.5 Å². The minimum absolute atomic E-state index is 0.103. The Morgan fingerprint density at radius 2 is 1.83 bits per heavy atom. The van der Waals surface area contributed by atoms with Gasteiger partial charge >= 0.3 is 0 Å². The van der Waals surface area contributed by atoms with Gasteiger partial charge in [0.05, 0.1) is 4.90 Å². The molecule has 1 atom stereocenters. The second-order valence-electron chi connectivity index (χ2n) is 6.80. The van der Waals surface area contributed by atoms with Crippen LogP contribution in [0.2, 0.25) is 0 Å². The molecule has 2 aliphatic rings. The van der Waals surface area contributed by atoms with Crippen LogP contribution in [0.4, 0.5) is 5.69 Å². The normalized spacial score (nSPS) is 19.1. The van der Waals surface area contributed by atoms with E-state index in [0.29, 0.717) is 49.8 Å². The molecular formula is C20H22N2O5S2. The highest BCUT2D eigenvalue weighted by Gasteiger charge is 2.39. The van der Waals surface area contributed by atoms with Gasteiger partial charge in [0.25, 0.3) is 0 Å². The molecule has 1 amide bonds. The average molecular weight is 435 g/mol. The van der Waals surface area contributed by atoms with E-state index in [-0.39, 0.29) is 10.8 Å². The zero-order valence-electron chi connectivity index (χ0n) is 16.0. The SMILES string of the molecule is CSc1ccc(NC(=O)C2CCCN2S(=O)(=O)c2ccc3c(c2)OCCO3)cc1. The van der Waals surface area contributed by atoms with Crippen molar-refractivity contribution in [1.29, 1.82) is 0 Å². The Bertz CT molecular complexity index is 1010. The van der Waals surface area contributed by atoms with E-state index < -0.39 is 16.1 Å². The second-order valence-corrected chi connectivity index (χ2v) is 9.57. The quantitative estimate of drug-likeness (QED) is 0.729. The van der Waals surface area contributed by atoms with E-state index in [4.69, 9.17) is 9.47 Å². The molecule has 29 heavy (non-hydrogen) atoms. The Labute approximate surface area is 174 Å². The lowest BCUT2D eigenvalue weighted by Gasteiger charge is -2.24. The molecule has 9 heteroatoms. The molecule has 2 aromatic rings. The van der Waals surface area contributed by atoms with Crippen molar-refractivity contribution in [3.05, 3.63) is 42.5 Å². The van der Waals surface area contributed by atoms with Crippen LogP contribution in [0.3, 0.4) is 0 Å². The Balaban J connectivity index is 1.54. The molecule has 1 saturated heterocycles. The van der Waals surface area contributed by atoms with Crippen LogP contribution in [-0.2, 0) is 14.8 Å². The molecule has 2 aromatic carbocycles. The van der Waals surface area contributed by atoms with Crippen LogP contribution in [0.5, 0.6) is 11.5 Å². The number of amides is 1. The van der Waals surface area contributed by atoms with Crippen LogP contribution in [0.15, 0.2) is 52.3 Å². The molecule has 1 unspecified atom stereocenters. The van der Waals surface area contributed by atoms with Crippen molar-refractivity contribution in [3.63, 3.8) is 0 Å². The number of carbonyl (C=O) groups excluding carboxylic acids is 1. The number of ether oxygens (including phenoxy) is 2. The van der Waals surface area contributed by atoms with Crippen LogP contribution in [0.25, 0.3) is 0 Å². The lowest BCUT2D eigenvalue weighted by Crippen LogP contribution is -2.43. The van der Waals surface area contributed by atoms with Gasteiger partial charge in [-0.2, -0.15) is 4.31 Å². The second kappa shape index (κ2) is 8.25. The number of hydrogen-bond donors (Lipinski definition) is 1. The maximum atomic E-state index is 13.2. The summed E-state index contributed by atoms with van der Waals surface area (Å²) in [7, 11) is -3.84. The summed E-state index contributed by atoms with van der Waals surface area (Å²) in [6, 6.07) is 11.3. The average Bonchev–Trinajstić information content (AvgIpc) is 3.25. The zero-order valence-corrected chi connectivity index (χ0v) is 17.6. The predicted octanol–water partition coefficient (Wildman–Crippen LogP) is 2.97. The number of sulfonamides is 1. The third-order valence-electron chi connectivity index (χ3n) is 4.98. The number of rotatable bonds is 5. The fourth-order valence-corrected chi connectivity index (χ4v) is 5.59. The Hall–Kier alpha value is -2.23. The van der Waals surface area contributed by atoms with Gasteiger partial charge in [0, 0.05) is 23.2 Å². The van der Waals surface area contributed by atoms with Gasteiger partial charge in [-0.25, -0.2) is 8.42 Å². The lowest BCUT2D eigenvalue weighted by atomic mass is 10.2. The number of fused-ring (bicyclic) bond motifs is 1. The van der Waals surface area contributed by atoms with Crippen molar-refractivity contribution in [3.8, 4) is 11.5 Å². The highest BCUT2D eigenvalue weighted by molar-refractivity contribution is 7.98. The van der Waals surface area contributed by atoms with Crippen LogP contribution >= 0.6 is 11.8 Å². The highest BCUT2D eigenvalue weighted by Crippen LogP contribution is 2.35. The predicted molar refractivity (Wildman–Crippen MR) is 111 cm³/mol. The molecule has 4 rings (SSSR count). The Morgan fingerprint density at radius 3 is 2.55 bits per heavy atom. The summed E-state index contributed by atoms with van der Waals surface area (Å²) in [6.07, 6.45) is 3.10. The maximum absolute atomic E-state index is 13.2. The summed E-state index contributed by atoms with van der Waals surface area (Å²) in [4.78, 5) is 14.0. The molecule has 0 bridgehead atoms. The third-order valence-corrected chi connectivity index (χ3v) is 7.63. The monoisotopic (exact) mass is 434 g/mol. The van der Waals surface area contributed by atoms with Crippen molar-refractivity contribution in [2.45, 2.75) is 28.7 Å². The molecule has 154 valence electrons. The van der Waals surface area contributed by atoms with Gasteiger partial charge < -0.3 is 14.8 Å². The summed E-state index contributed by atoms with van der Waals surface area (Å²) in [5.41, 5.74) is 0.649. The minimum Gasteiger partial charge on any atom is -0.486 e. The van der Waals surface area contributed by atoms with Crippen LogP contribution in [0.1, 0.15) is 12.8 Å². The fourth-order valence-electron chi connectivity index (χ4n) is 3.51. The number of nitrogens with zero attached hydrogens (tertiary/aromatic N) is 1. The summed E-state index contributed by atoms with van der Waals surface area (Å²) in [5.74, 6) is 0.617. The largest absolute Gasteiger partial charge is 0.486 e. The maximum Gasteiger partial charge on any atom is 0.243 e. The lowest BCUT2D eigenvalue weighted by molar-refractivity contribution is -0.119. The highest BCUT2D eigenvalue weighted by atomic mass is 32.2. The number of benzene rings is 2. The van der Waals surface area contributed by atoms with Gasteiger partial charge in [-0.15, -0.1) is 11.8 Å². The van der Waals surface area contributed by atoms with Gasteiger partial charge in [0.1, 0.15) is 19.3 Å². The van der Waals surface area contributed by atoms with Gasteiger partial charge in [-0.3, -0.25) is 4.79 Å². The van der Waals surface area contributed by atoms with E-state index in [9.17, 15) is 13.2 Å². The van der Waals surface area contributed by atoms with E-state index >= 15 is 0 Å². The topological polar surface area (TPSA) is 84.9 Å². The minimum atomic E-state index is -3.84. The van der Waals surface area contributed by atoms with Gasteiger partial charge in [-0.05, 0) is 55.5 Å². The Kier molecular flexibility index (Phi) is 5.71. The molecule has 0 radical (unpaired) electrons. The summed E-state index contributed by atoms with van der Waals surface area (Å²) < 4.78 is 38.7. The standard InChI is InChI=1S/C20H22N2O5S2/c1-28-15-6-4-14(5-7-15)21-20(23)17-3-2-10-22(17)29(24,25)16-8-9-18-19(13-16)27-12-11-26-18/h4-9,13,17H,2-3,10-12H2,1H3,(H,21,23). The van der Waals surface area contributed by atoms with Crippen LogP contribution in [-0.4, -0.2) is 50.7 Å². The Morgan fingerprint density at radius 1 is 1.10 bits per heavy atom. The smallest absolute Gasteiger partial charge is 0.243 e. The molecule has 1 N–H and O–H groups in total. The first-order valence-electron chi connectivity index (χ1n) is 9.35. The number of nitrogens with one attached hydrogen (secondary N) is 1. The van der Waals surface area contributed by atoms with Crippen molar-refractivity contribution in [1.82, 2.24) is 4.31 Å². The zero-order chi connectivity index (χ0) is 20.4. The van der Waals surface area contributed by atoms with Crippen molar-refractivity contribution >= 4 is 33.4 Å². The number of anilines is 1. The molecule has 0 saturated carbocycles. The first kappa shape index (κ1) is 20.1. The molecular weight excluding hydrogens is 412 g/mol. The molecule has 0 aromatic heterocycles. The molecule has 1 fully saturated rings. The van der Waals surface area contributed by atoms with Crippen molar-refractivity contribution in [2.75, 3.05) is 31.3 Å². The van der Waals surface area contributed by atoms with E-state index in [1.807, 2.05) is 30.5 Å². The summed E-state index contributed by atoms with van der Waals surface area (Å²) in [5, 5.41) is 2.84. The van der Waals surface area contributed by atoms with Crippen molar-refractivity contribution < 1.29 is 22.7 Å². The van der Waals surface area contributed by atoms with Gasteiger partial charge in [-0.1, -0.05) is 0 Å². The van der Waals surface area contributed by atoms with Crippen LogP contribution in [0, 0.1) is 0 Å². The van der Waals surface area contributed by atoms with E-state index in [1.54, 1.807) is 17.8 Å². The van der Waals surface area contributed by atoms with Crippen molar-refractivity contribution in [2.24, 2.45) is 0 Å². The summed E-state index contributed by atoms with van der Waals surface area (Å²) in [6.45, 7) is 1.12. The van der Waals surface area contributed by atoms with E-state index in [1.165, 1.54) is 16.4 Å². The molecule has 0 aliphatic carbocycles. The van der Waals surface area contributed by atoms with E-state index in [2.05, 4.69) is 5.32 Å². The molecule has 2 aliphatic heterocycles. The molecule has 7 nitrogen and oxygen atoms in total.